The maximum Gasteiger partial charge on any atom is 0.151 e. The molecule has 1 aromatic carbocycles. The number of aromatic nitrogens is 2. The van der Waals surface area contributed by atoms with Crippen molar-refractivity contribution in [3.8, 4) is 11.3 Å². The van der Waals surface area contributed by atoms with Gasteiger partial charge in [0.05, 0.1) is 10.7 Å². The van der Waals surface area contributed by atoms with Gasteiger partial charge in [-0.1, -0.05) is 11.6 Å². The third kappa shape index (κ3) is 4.00. The Hall–Kier alpha value is -1.14. The molecule has 2 atom stereocenters. The highest BCUT2D eigenvalue weighted by atomic mass is 35.5. The molecular weight excluding hydrogens is 386 g/mol. The summed E-state index contributed by atoms with van der Waals surface area (Å²) in [6, 6.07) is 8.39. The van der Waals surface area contributed by atoms with Gasteiger partial charge in [0.25, 0.3) is 0 Å². The van der Waals surface area contributed by atoms with E-state index < -0.39 is 0 Å². The van der Waals surface area contributed by atoms with Crippen LogP contribution in [-0.2, 0) is 0 Å². The zero-order valence-corrected chi connectivity index (χ0v) is 15.8. The number of rotatable bonds is 2. The van der Waals surface area contributed by atoms with Gasteiger partial charge in [0.2, 0.25) is 0 Å². The molecule has 1 aromatic heterocycles. The highest BCUT2D eigenvalue weighted by Gasteiger charge is 2.40. The molecule has 2 aliphatic rings. The quantitative estimate of drug-likeness (QED) is 0.822. The number of fused-ring (bicyclic) bond motifs is 1. The Morgan fingerprint density at radius 3 is 2.32 bits per heavy atom. The summed E-state index contributed by atoms with van der Waals surface area (Å²) in [5, 5.41) is 9.03. The minimum absolute atomic E-state index is 0. The summed E-state index contributed by atoms with van der Waals surface area (Å²) >= 11 is 6.12. The Labute approximate surface area is 163 Å². The maximum absolute atomic E-state index is 13.4. The summed E-state index contributed by atoms with van der Waals surface area (Å²) in [6.45, 7) is 1.99. The fourth-order valence-electron chi connectivity index (χ4n) is 3.87. The lowest BCUT2D eigenvalue weighted by atomic mass is 10.0. The van der Waals surface area contributed by atoms with Crippen LogP contribution >= 0.6 is 36.4 Å². The van der Waals surface area contributed by atoms with Crippen LogP contribution in [0.1, 0.15) is 12.8 Å². The minimum Gasteiger partial charge on any atom is -0.355 e. The van der Waals surface area contributed by atoms with E-state index in [1.807, 2.05) is 12.1 Å². The second kappa shape index (κ2) is 8.04. The molecule has 8 heteroatoms. The average molecular weight is 406 g/mol. The van der Waals surface area contributed by atoms with E-state index in [-0.39, 0.29) is 30.6 Å². The molecule has 0 amide bonds. The molecule has 25 heavy (non-hydrogen) atoms. The molecule has 0 unspecified atom stereocenters. The molecule has 2 fully saturated rings. The topological polar surface area (TPSA) is 55.0 Å². The molecule has 2 aromatic rings. The van der Waals surface area contributed by atoms with Gasteiger partial charge in [-0.2, -0.15) is 0 Å². The number of anilines is 1. The van der Waals surface area contributed by atoms with Crippen LogP contribution in [0.5, 0.6) is 0 Å². The van der Waals surface area contributed by atoms with Gasteiger partial charge in [-0.3, -0.25) is 0 Å². The summed E-state index contributed by atoms with van der Waals surface area (Å²) in [5.41, 5.74) is 7.18. The lowest BCUT2D eigenvalue weighted by molar-refractivity contribution is 0.494. The molecular formula is C17H20Cl3FN4. The molecule has 1 saturated carbocycles. The largest absolute Gasteiger partial charge is 0.355 e. The first-order chi connectivity index (χ1) is 11.1. The van der Waals surface area contributed by atoms with Crippen molar-refractivity contribution in [1.82, 2.24) is 10.2 Å². The maximum atomic E-state index is 13.4. The Morgan fingerprint density at radius 2 is 1.72 bits per heavy atom. The molecule has 2 heterocycles. The molecule has 4 nitrogen and oxygen atoms in total. The fourth-order valence-corrected chi connectivity index (χ4v) is 4.08. The van der Waals surface area contributed by atoms with Gasteiger partial charge in [-0.25, -0.2) is 4.39 Å². The lowest BCUT2D eigenvalue weighted by Crippen LogP contribution is -2.25. The molecule has 1 saturated heterocycles. The second-order valence-corrected chi connectivity index (χ2v) is 6.96. The summed E-state index contributed by atoms with van der Waals surface area (Å²) < 4.78 is 13.4. The zero-order chi connectivity index (χ0) is 16.0. The minimum atomic E-state index is -0.334. The SMILES string of the molecule is Cl.Cl.NC1C[C@@H]2CN(c3ccc(-c4cc(F)ccc4Cl)nn3)C[C@H]2C1. The van der Waals surface area contributed by atoms with Crippen molar-refractivity contribution in [2.45, 2.75) is 18.9 Å². The van der Waals surface area contributed by atoms with Gasteiger partial charge in [0.1, 0.15) is 5.82 Å². The van der Waals surface area contributed by atoms with Crippen LogP contribution in [0.25, 0.3) is 11.3 Å². The number of hydrogen-bond donors (Lipinski definition) is 1. The van der Waals surface area contributed by atoms with Crippen molar-refractivity contribution >= 4 is 42.2 Å². The Bertz CT molecular complexity index is 714. The first kappa shape index (κ1) is 20.2. The van der Waals surface area contributed by atoms with Crippen molar-refractivity contribution < 1.29 is 4.39 Å². The highest BCUT2D eigenvalue weighted by molar-refractivity contribution is 6.33. The number of hydrogen-bond acceptors (Lipinski definition) is 4. The molecule has 2 N–H and O–H groups in total. The lowest BCUT2D eigenvalue weighted by Gasteiger charge is -2.18. The third-order valence-corrected chi connectivity index (χ3v) is 5.30. The van der Waals surface area contributed by atoms with Crippen molar-refractivity contribution in [2.75, 3.05) is 18.0 Å². The van der Waals surface area contributed by atoms with E-state index in [4.69, 9.17) is 17.3 Å². The van der Waals surface area contributed by atoms with Gasteiger partial charge in [0.15, 0.2) is 5.82 Å². The van der Waals surface area contributed by atoms with Crippen LogP contribution < -0.4 is 10.6 Å². The van der Waals surface area contributed by atoms with Crippen molar-refractivity contribution in [3.63, 3.8) is 0 Å². The number of nitrogens with two attached hydrogens (primary N) is 1. The zero-order valence-electron chi connectivity index (χ0n) is 13.4. The van der Waals surface area contributed by atoms with Crippen LogP contribution in [-0.4, -0.2) is 29.3 Å². The first-order valence-electron chi connectivity index (χ1n) is 7.90. The van der Waals surface area contributed by atoms with Crippen LogP contribution in [0, 0.1) is 17.7 Å². The Balaban J connectivity index is 0.00000113. The van der Waals surface area contributed by atoms with Crippen LogP contribution in [0.4, 0.5) is 10.2 Å². The predicted octanol–water partition coefficient (Wildman–Crippen LogP) is 3.95. The van der Waals surface area contributed by atoms with E-state index in [1.165, 1.54) is 18.2 Å². The summed E-state index contributed by atoms with van der Waals surface area (Å²) in [4.78, 5) is 2.27. The Morgan fingerprint density at radius 1 is 1.04 bits per heavy atom. The van der Waals surface area contributed by atoms with Crippen LogP contribution in [0.15, 0.2) is 30.3 Å². The number of nitrogens with zero attached hydrogens (tertiary/aromatic N) is 3. The fraction of sp³-hybridized carbons (Fsp3) is 0.412. The van der Waals surface area contributed by atoms with E-state index in [0.29, 0.717) is 34.2 Å². The van der Waals surface area contributed by atoms with Crippen molar-refractivity contribution in [3.05, 3.63) is 41.2 Å². The molecule has 1 aliphatic carbocycles. The van der Waals surface area contributed by atoms with E-state index in [2.05, 4.69) is 15.1 Å². The van der Waals surface area contributed by atoms with E-state index in [0.717, 1.165) is 31.7 Å². The van der Waals surface area contributed by atoms with Crippen molar-refractivity contribution in [2.24, 2.45) is 17.6 Å². The van der Waals surface area contributed by atoms with Gasteiger partial charge in [0, 0.05) is 24.7 Å². The highest BCUT2D eigenvalue weighted by Crippen LogP contribution is 2.38. The van der Waals surface area contributed by atoms with Crippen LogP contribution in [0.2, 0.25) is 5.02 Å². The number of halogens is 4. The molecule has 0 spiro atoms. The smallest absolute Gasteiger partial charge is 0.151 e. The summed E-state index contributed by atoms with van der Waals surface area (Å²) in [6.07, 6.45) is 2.21. The average Bonchev–Trinajstić information content (AvgIpc) is 3.07. The third-order valence-electron chi connectivity index (χ3n) is 4.97. The van der Waals surface area contributed by atoms with Gasteiger partial charge < -0.3 is 10.6 Å². The second-order valence-electron chi connectivity index (χ2n) is 6.56. The molecule has 136 valence electrons. The molecule has 0 bridgehead atoms. The summed E-state index contributed by atoms with van der Waals surface area (Å²) in [7, 11) is 0. The van der Waals surface area contributed by atoms with Crippen LogP contribution in [0.3, 0.4) is 0 Å². The standard InChI is InChI=1S/C17H18ClFN4.2ClH/c18-15-2-1-12(19)7-14(15)16-3-4-17(22-21-16)23-8-10-5-13(20)6-11(10)9-23;;/h1-4,7,10-11,13H,5-6,8-9,20H2;2*1H/t10-,11-;;/m1../s1. The number of benzene rings is 1. The normalized spacial score (nSPS) is 22.3. The molecule has 4 rings (SSSR count). The first-order valence-corrected chi connectivity index (χ1v) is 8.27. The molecule has 0 radical (unpaired) electrons. The summed E-state index contributed by atoms with van der Waals surface area (Å²) in [5.74, 6) is 1.87. The van der Waals surface area contributed by atoms with Gasteiger partial charge in [-0.05, 0) is 55.0 Å². The van der Waals surface area contributed by atoms with E-state index >= 15 is 0 Å². The van der Waals surface area contributed by atoms with E-state index in [9.17, 15) is 4.39 Å². The van der Waals surface area contributed by atoms with Crippen molar-refractivity contribution in [1.29, 1.82) is 0 Å². The van der Waals surface area contributed by atoms with Gasteiger partial charge in [-0.15, -0.1) is 35.0 Å². The van der Waals surface area contributed by atoms with E-state index in [1.54, 1.807) is 0 Å². The predicted molar refractivity (Wildman–Crippen MR) is 103 cm³/mol. The molecule has 1 aliphatic heterocycles. The van der Waals surface area contributed by atoms with Gasteiger partial charge >= 0.3 is 0 Å². The monoisotopic (exact) mass is 404 g/mol. The Kier molecular flexibility index (Phi) is 6.49.